The number of rotatable bonds is 19. The molecule has 19 nitrogen and oxygen atoms in total. The predicted molar refractivity (Wildman–Crippen MR) is 233 cm³/mol. The van der Waals surface area contributed by atoms with Crippen LogP contribution in [0, 0.1) is 6.92 Å². The molecule has 338 valence electrons. The van der Waals surface area contributed by atoms with Crippen molar-refractivity contribution in [2.24, 2.45) is 0 Å². The number of likely N-dealkylation sites (N-methyl/N-ethyl adjacent to an activating group) is 1. The Hall–Kier alpha value is -6.12. The first-order valence-electron chi connectivity index (χ1n) is 20.4. The molecule has 0 atom stereocenters. The van der Waals surface area contributed by atoms with Gasteiger partial charge in [-0.05, 0) is 53.7 Å². The minimum absolute atomic E-state index is 0.178. The number of fused-ring (bicyclic) bond motifs is 6. The van der Waals surface area contributed by atoms with Crippen LogP contribution in [0.4, 0.5) is 5.82 Å². The monoisotopic (exact) mass is 872 g/mol. The van der Waals surface area contributed by atoms with Crippen molar-refractivity contribution < 1.29 is 53.1 Å². The molecule has 6 aromatic rings. The lowest BCUT2D eigenvalue weighted by atomic mass is 10.1. The number of para-hydroxylation sites is 2. The zero-order valence-corrected chi connectivity index (χ0v) is 36.9. The first-order chi connectivity index (χ1) is 29.9. The maximum absolute atomic E-state index is 12.7. The predicted octanol–water partition coefficient (Wildman–Crippen LogP) is 3.88. The number of nitrogens with one attached hydrogen (secondary N) is 2. The van der Waals surface area contributed by atoms with Crippen molar-refractivity contribution in [3.63, 3.8) is 0 Å². The standard InChI is InChI=1S/C27H35N5O10.C17H21N3O/c1-5-38-10-19-30-24-25(32(19)15-27(2,3)37)17-8-6-7-9-18(17)29-26(24)31-21(34)12-40-14-23(36)42-16-41-22(35)13-39-11-20(33)28-4;1-5-14-19-15-11(2)18-13-9-7-6-8-12(13)16(15)20(14)10-17(3,4)21/h6-9,37H,5,10-16H2,1-4H3,(H,28,33)(H,29,31,34);6-9,21H,5,10H2,1-4H3. The van der Waals surface area contributed by atoms with Crippen molar-refractivity contribution in [3.8, 4) is 0 Å². The fraction of sp³-hybridized carbons (Fsp3) is 0.455. The highest BCUT2D eigenvalue weighted by atomic mass is 16.7. The summed E-state index contributed by atoms with van der Waals surface area (Å²) in [4.78, 5) is 65.8. The highest BCUT2D eigenvalue weighted by molar-refractivity contribution is 6.10. The summed E-state index contributed by atoms with van der Waals surface area (Å²) < 4.78 is 28.9. The number of imidazole rings is 2. The number of nitrogens with zero attached hydrogens (tertiary/aromatic N) is 6. The summed E-state index contributed by atoms with van der Waals surface area (Å²) in [5.74, 6) is -1.00. The normalized spacial score (nSPS) is 11.8. The molecule has 4 N–H and O–H groups in total. The molecular weight excluding hydrogens is 817 g/mol. The van der Waals surface area contributed by atoms with E-state index >= 15 is 0 Å². The Labute approximate surface area is 364 Å². The highest BCUT2D eigenvalue weighted by Gasteiger charge is 2.25. The van der Waals surface area contributed by atoms with Gasteiger partial charge in [-0.3, -0.25) is 14.6 Å². The molecule has 0 aliphatic heterocycles. The zero-order chi connectivity index (χ0) is 45.9. The number of esters is 2. The molecule has 4 aromatic heterocycles. The van der Waals surface area contributed by atoms with E-state index in [1.807, 2.05) is 68.7 Å². The average Bonchev–Trinajstić information content (AvgIpc) is 3.77. The fourth-order valence-electron chi connectivity index (χ4n) is 6.63. The Morgan fingerprint density at radius 1 is 0.667 bits per heavy atom. The molecule has 0 saturated carbocycles. The number of aliphatic hydroxyl groups is 2. The van der Waals surface area contributed by atoms with Gasteiger partial charge in [-0.15, -0.1) is 0 Å². The van der Waals surface area contributed by atoms with Crippen LogP contribution in [-0.2, 0) is 69.0 Å². The van der Waals surface area contributed by atoms with Gasteiger partial charge in [0.15, 0.2) is 5.82 Å². The summed E-state index contributed by atoms with van der Waals surface area (Å²) >= 11 is 0. The van der Waals surface area contributed by atoms with Crippen LogP contribution in [0.2, 0.25) is 0 Å². The minimum Gasteiger partial charge on any atom is -0.426 e. The van der Waals surface area contributed by atoms with Crippen molar-refractivity contribution in [1.29, 1.82) is 0 Å². The van der Waals surface area contributed by atoms with Crippen LogP contribution in [0.15, 0.2) is 48.5 Å². The van der Waals surface area contributed by atoms with Crippen molar-refractivity contribution in [2.45, 2.75) is 85.8 Å². The quantitative estimate of drug-likeness (QED) is 0.0667. The molecule has 2 amide bonds. The number of amides is 2. The largest absolute Gasteiger partial charge is 0.426 e. The van der Waals surface area contributed by atoms with Crippen LogP contribution in [0.3, 0.4) is 0 Å². The van der Waals surface area contributed by atoms with E-state index in [0.29, 0.717) is 35.5 Å². The average molecular weight is 873 g/mol. The third kappa shape index (κ3) is 13.0. The Kier molecular flexibility index (Phi) is 16.2. The number of pyridine rings is 2. The molecule has 2 aromatic carbocycles. The van der Waals surface area contributed by atoms with Gasteiger partial charge in [0, 0.05) is 30.8 Å². The summed E-state index contributed by atoms with van der Waals surface area (Å²) in [6.07, 6.45) is 0.832. The Balaban J connectivity index is 0.000000295. The molecule has 63 heavy (non-hydrogen) atoms. The third-order valence-electron chi connectivity index (χ3n) is 9.22. The van der Waals surface area contributed by atoms with Crippen LogP contribution in [-0.4, -0.2) is 121 Å². The molecule has 0 unspecified atom stereocenters. The van der Waals surface area contributed by atoms with Gasteiger partial charge in [0.1, 0.15) is 55.7 Å². The van der Waals surface area contributed by atoms with Gasteiger partial charge in [-0.2, -0.15) is 0 Å². The number of aryl methyl sites for hydroxylation is 2. The number of carbonyl (C=O) groups is 4. The van der Waals surface area contributed by atoms with E-state index in [0.717, 1.165) is 45.3 Å². The van der Waals surface area contributed by atoms with E-state index in [1.165, 1.54) is 7.05 Å². The summed E-state index contributed by atoms with van der Waals surface area (Å²) in [6, 6.07) is 15.5. The number of hydrogen-bond acceptors (Lipinski definition) is 15. The lowest BCUT2D eigenvalue weighted by molar-refractivity contribution is -0.172. The van der Waals surface area contributed by atoms with Gasteiger partial charge in [-0.1, -0.05) is 43.3 Å². The molecule has 0 spiro atoms. The number of benzene rings is 2. The van der Waals surface area contributed by atoms with E-state index in [4.69, 9.17) is 23.9 Å². The number of aromatic nitrogens is 6. The number of anilines is 1. The number of ether oxygens (including phenoxy) is 5. The van der Waals surface area contributed by atoms with Gasteiger partial charge in [0.2, 0.25) is 12.7 Å². The smallest absolute Gasteiger partial charge is 0.334 e. The molecule has 0 bridgehead atoms. The molecular formula is C44H56N8O11. The topological polar surface area (TPSA) is 240 Å². The lowest BCUT2D eigenvalue weighted by Crippen LogP contribution is -2.27. The molecule has 0 radical (unpaired) electrons. The second kappa shape index (κ2) is 21.3. The summed E-state index contributed by atoms with van der Waals surface area (Å²) in [5, 5.41) is 27.7. The van der Waals surface area contributed by atoms with E-state index in [1.54, 1.807) is 19.9 Å². The van der Waals surface area contributed by atoms with E-state index in [-0.39, 0.29) is 25.6 Å². The van der Waals surface area contributed by atoms with Crippen LogP contribution in [0.5, 0.6) is 0 Å². The lowest BCUT2D eigenvalue weighted by Gasteiger charge is -2.20. The summed E-state index contributed by atoms with van der Waals surface area (Å²) in [6.45, 7) is 11.8. The van der Waals surface area contributed by atoms with Crippen LogP contribution >= 0.6 is 0 Å². The fourth-order valence-corrected chi connectivity index (χ4v) is 6.63. The molecule has 0 saturated heterocycles. The Morgan fingerprint density at radius 2 is 1.17 bits per heavy atom. The molecule has 0 aliphatic carbocycles. The minimum atomic E-state index is -1.07. The van der Waals surface area contributed by atoms with Crippen molar-refractivity contribution >= 4 is 73.4 Å². The Morgan fingerprint density at radius 3 is 1.71 bits per heavy atom. The Bertz CT molecular complexity index is 2570. The first kappa shape index (κ1) is 47.9. The second-order valence-electron chi connectivity index (χ2n) is 15.8. The van der Waals surface area contributed by atoms with Gasteiger partial charge in [0.05, 0.1) is 52.1 Å². The molecule has 0 aliphatic rings. The SMILES string of the molecule is CCOCc1nc2c(NC(=O)COCC(=O)OCOC(=O)COCC(=O)NC)nc3ccccc3c2n1CC(C)(C)O.CCc1nc2c(C)nc3ccccc3c2n1CC(C)(C)O. The number of carbonyl (C=O) groups excluding carboxylic acids is 4. The molecule has 4 heterocycles. The third-order valence-corrected chi connectivity index (χ3v) is 9.22. The second-order valence-corrected chi connectivity index (χ2v) is 15.8. The van der Waals surface area contributed by atoms with E-state index < -0.39 is 61.6 Å². The molecule has 0 fully saturated rings. The van der Waals surface area contributed by atoms with Crippen molar-refractivity contribution in [2.75, 3.05) is 52.2 Å². The molecule has 6 rings (SSSR count). The highest BCUT2D eigenvalue weighted by Crippen LogP contribution is 2.32. The van der Waals surface area contributed by atoms with Crippen molar-refractivity contribution in [3.05, 3.63) is 65.9 Å². The van der Waals surface area contributed by atoms with Crippen LogP contribution in [0.1, 0.15) is 58.9 Å². The maximum Gasteiger partial charge on any atom is 0.334 e. The van der Waals surface area contributed by atoms with Crippen LogP contribution in [0.25, 0.3) is 43.9 Å². The number of hydrogen-bond donors (Lipinski definition) is 4. The van der Waals surface area contributed by atoms with Gasteiger partial charge in [0.25, 0.3) is 5.91 Å². The van der Waals surface area contributed by atoms with Gasteiger partial charge < -0.3 is 53.7 Å². The van der Waals surface area contributed by atoms with Gasteiger partial charge in [-0.25, -0.2) is 24.5 Å². The zero-order valence-electron chi connectivity index (χ0n) is 36.9. The molecule has 19 heteroatoms. The van der Waals surface area contributed by atoms with Crippen LogP contribution < -0.4 is 10.6 Å². The first-order valence-corrected chi connectivity index (χ1v) is 20.4. The van der Waals surface area contributed by atoms with E-state index in [2.05, 4.69) is 47.9 Å². The summed E-state index contributed by atoms with van der Waals surface area (Å²) in [7, 11) is 1.42. The maximum atomic E-state index is 12.7. The van der Waals surface area contributed by atoms with Gasteiger partial charge >= 0.3 is 11.9 Å². The summed E-state index contributed by atoms with van der Waals surface area (Å²) in [5.41, 5.74) is 3.76. The van der Waals surface area contributed by atoms with Crippen molar-refractivity contribution in [1.82, 2.24) is 34.4 Å². The van der Waals surface area contributed by atoms with E-state index in [9.17, 15) is 29.4 Å².